The topological polar surface area (TPSA) is 177 Å². The molecular formula is C32H57N7O7S. The maximum absolute atomic E-state index is 14.3. The smallest absolute Gasteiger partial charge is 0.315 e. The molecule has 2 aliphatic carbocycles. The fourth-order valence-electron chi connectivity index (χ4n) is 6.58. The van der Waals surface area contributed by atoms with Crippen LogP contribution >= 0.6 is 0 Å². The summed E-state index contributed by atoms with van der Waals surface area (Å²) in [4.78, 5) is 68.4. The summed E-state index contributed by atoms with van der Waals surface area (Å²) in [6.07, 6.45) is 2.22. The van der Waals surface area contributed by atoms with Gasteiger partial charge in [-0.2, -0.15) is 17.0 Å². The molecule has 4 N–H and O–H groups in total. The molecule has 0 unspecified atom stereocenters. The van der Waals surface area contributed by atoms with Gasteiger partial charge in [0.2, 0.25) is 17.6 Å². The molecule has 0 bridgehead atoms. The summed E-state index contributed by atoms with van der Waals surface area (Å²) in [7, 11) is 1.94. The van der Waals surface area contributed by atoms with E-state index in [1.165, 1.54) is 37.4 Å². The van der Waals surface area contributed by atoms with Gasteiger partial charge >= 0.3 is 6.03 Å². The summed E-state index contributed by atoms with van der Waals surface area (Å²) in [5.41, 5.74) is -1.50. The number of Topliss-reactive ketones (excluding diaryl/α,β-unsaturated/α-hetero) is 1. The molecule has 1 saturated heterocycles. The molecule has 47 heavy (non-hydrogen) atoms. The lowest BCUT2D eigenvalue weighted by Gasteiger charge is -2.39. The second-order valence-corrected chi connectivity index (χ2v) is 18.7. The molecule has 0 aromatic carbocycles. The van der Waals surface area contributed by atoms with Gasteiger partial charge in [0.05, 0.1) is 6.04 Å². The highest BCUT2D eigenvalue weighted by Gasteiger charge is 2.70. The van der Waals surface area contributed by atoms with Crippen molar-refractivity contribution in [2.45, 2.75) is 98.8 Å². The Morgan fingerprint density at radius 3 is 1.96 bits per heavy atom. The fraction of sp³-hybridized carbons (Fsp3) is 0.844. The van der Waals surface area contributed by atoms with Gasteiger partial charge in [0.15, 0.2) is 0 Å². The zero-order chi connectivity index (χ0) is 36.0. The highest BCUT2D eigenvalue weighted by molar-refractivity contribution is 7.86. The lowest BCUT2D eigenvalue weighted by molar-refractivity contribution is -0.145. The van der Waals surface area contributed by atoms with Crippen LogP contribution in [0, 0.1) is 34.0 Å². The normalized spacial score (nSPS) is 24.2. The van der Waals surface area contributed by atoms with E-state index in [1.54, 1.807) is 0 Å². The number of nitrogens with zero attached hydrogens (tertiary/aromatic N) is 3. The first-order valence-corrected chi connectivity index (χ1v) is 17.8. The SMILES string of the molecule is CNC(=O)C(=O)[C@@H](CC1CC1)NC(=O)[C@@H]1[C@@H]2[C@H](CN1C(=O)[C@@H](NC(=O)N[C@H](CN(C)S(=O)(=O)N(C)C)C(C)(C)C)C(C)(C)C)C2(C)C. The summed E-state index contributed by atoms with van der Waals surface area (Å²) >= 11 is 0. The van der Waals surface area contributed by atoms with E-state index in [0.29, 0.717) is 13.0 Å². The first-order chi connectivity index (χ1) is 21.3. The van der Waals surface area contributed by atoms with Crippen LogP contribution in [-0.4, -0.2) is 117 Å². The molecule has 1 heterocycles. The van der Waals surface area contributed by atoms with Gasteiger partial charge in [-0.3, -0.25) is 19.2 Å². The van der Waals surface area contributed by atoms with Gasteiger partial charge in [-0.1, -0.05) is 68.2 Å². The number of likely N-dealkylation sites (tertiary alicyclic amines) is 1. The van der Waals surface area contributed by atoms with E-state index in [-0.39, 0.29) is 29.7 Å². The Labute approximate surface area is 280 Å². The van der Waals surface area contributed by atoms with Crippen molar-refractivity contribution in [2.24, 2.45) is 34.0 Å². The number of urea groups is 1. The molecule has 0 aromatic rings. The quantitative estimate of drug-likeness (QED) is 0.209. The molecule has 15 heteroatoms. The molecular weight excluding hydrogens is 626 g/mol. The Morgan fingerprint density at radius 2 is 1.49 bits per heavy atom. The van der Waals surface area contributed by atoms with Crippen LogP contribution in [0.4, 0.5) is 4.79 Å². The molecule has 14 nitrogen and oxygen atoms in total. The number of fused-ring (bicyclic) bond motifs is 1. The van der Waals surface area contributed by atoms with Crippen molar-refractivity contribution in [3.8, 4) is 0 Å². The Bertz CT molecular complexity index is 1350. The Kier molecular flexibility index (Phi) is 11.2. The monoisotopic (exact) mass is 683 g/mol. The van der Waals surface area contributed by atoms with Crippen LogP contribution in [0.3, 0.4) is 0 Å². The van der Waals surface area contributed by atoms with E-state index in [0.717, 1.165) is 17.1 Å². The molecule has 0 radical (unpaired) electrons. The van der Waals surface area contributed by atoms with Gasteiger partial charge in [-0.05, 0) is 40.4 Å². The van der Waals surface area contributed by atoms with Crippen LogP contribution in [0.5, 0.6) is 0 Å². The van der Waals surface area contributed by atoms with Crippen LogP contribution in [0.15, 0.2) is 0 Å². The van der Waals surface area contributed by atoms with Crippen molar-refractivity contribution < 1.29 is 32.4 Å². The zero-order valence-corrected chi connectivity index (χ0v) is 31.0. The minimum atomic E-state index is -3.73. The predicted octanol–water partition coefficient (Wildman–Crippen LogP) is 0.936. The van der Waals surface area contributed by atoms with Crippen LogP contribution in [0.2, 0.25) is 0 Å². The number of carbonyl (C=O) groups is 5. The second-order valence-electron chi connectivity index (χ2n) is 16.5. The maximum atomic E-state index is 14.3. The summed E-state index contributed by atoms with van der Waals surface area (Å²) in [6, 6.07) is -4.14. The lowest BCUT2D eigenvalue weighted by Crippen LogP contribution is -2.63. The number of ketones is 1. The highest BCUT2D eigenvalue weighted by atomic mass is 32.2. The molecule has 3 aliphatic rings. The molecule has 0 spiro atoms. The Morgan fingerprint density at radius 1 is 0.915 bits per heavy atom. The van der Waals surface area contributed by atoms with E-state index < -0.39 is 74.7 Å². The average Bonchev–Trinajstić information content (AvgIpc) is 3.80. The molecule has 5 amide bonds. The number of hydrogen-bond acceptors (Lipinski definition) is 7. The molecule has 268 valence electrons. The number of amides is 5. The number of rotatable bonds is 13. The minimum absolute atomic E-state index is 0.00479. The summed E-state index contributed by atoms with van der Waals surface area (Å²) < 4.78 is 27.7. The van der Waals surface area contributed by atoms with E-state index >= 15 is 0 Å². The molecule has 3 rings (SSSR count). The molecule has 0 aromatic heterocycles. The molecule has 2 saturated carbocycles. The van der Waals surface area contributed by atoms with Gasteiger partial charge in [0.1, 0.15) is 12.1 Å². The van der Waals surface area contributed by atoms with Gasteiger partial charge in [0.25, 0.3) is 16.1 Å². The minimum Gasteiger partial charge on any atom is -0.353 e. The largest absolute Gasteiger partial charge is 0.353 e. The fourth-order valence-corrected chi connectivity index (χ4v) is 7.48. The number of likely N-dealkylation sites (N-methyl/N-ethyl adjacent to an activating group) is 2. The summed E-state index contributed by atoms with van der Waals surface area (Å²) in [6.45, 7) is 15.5. The van der Waals surface area contributed by atoms with E-state index in [9.17, 15) is 32.4 Å². The molecule has 6 atom stereocenters. The van der Waals surface area contributed by atoms with Crippen molar-refractivity contribution in [3.05, 3.63) is 0 Å². The van der Waals surface area contributed by atoms with Crippen LogP contribution in [0.25, 0.3) is 0 Å². The summed E-state index contributed by atoms with van der Waals surface area (Å²) in [5, 5.41) is 10.9. The van der Waals surface area contributed by atoms with Crippen molar-refractivity contribution in [3.63, 3.8) is 0 Å². The second kappa shape index (κ2) is 13.6. The van der Waals surface area contributed by atoms with Crippen molar-refractivity contribution in [1.29, 1.82) is 0 Å². The van der Waals surface area contributed by atoms with Crippen LogP contribution in [-0.2, 0) is 29.4 Å². The molecule has 3 fully saturated rings. The van der Waals surface area contributed by atoms with E-state index in [2.05, 4.69) is 35.1 Å². The number of hydrogen-bond donors (Lipinski definition) is 4. The number of piperidine rings is 1. The third kappa shape index (κ3) is 8.63. The average molecular weight is 684 g/mol. The van der Waals surface area contributed by atoms with E-state index in [1.807, 2.05) is 41.5 Å². The van der Waals surface area contributed by atoms with Gasteiger partial charge in [0, 0.05) is 47.3 Å². The van der Waals surface area contributed by atoms with Crippen molar-refractivity contribution in [2.75, 3.05) is 41.3 Å². The third-order valence-corrected chi connectivity index (χ3v) is 12.0. The first kappa shape index (κ1) is 38.7. The van der Waals surface area contributed by atoms with Crippen molar-refractivity contribution in [1.82, 2.24) is 34.8 Å². The number of nitrogens with one attached hydrogen (secondary N) is 4. The zero-order valence-electron chi connectivity index (χ0n) is 30.2. The first-order valence-electron chi connectivity index (χ1n) is 16.4. The number of carbonyl (C=O) groups excluding carboxylic acids is 5. The van der Waals surface area contributed by atoms with Gasteiger partial charge in [-0.25, -0.2) is 4.79 Å². The Balaban J connectivity index is 1.83. The summed E-state index contributed by atoms with van der Waals surface area (Å²) in [5.74, 6) is -2.21. The third-order valence-electron chi connectivity index (χ3n) is 10.1. The highest BCUT2D eigenvalue weighted by Crippen LogP contribution is 2.65. The lowest BCUT2D eigenvalue weighted by atomic mass is 9.85. The van der Waals surface area contributed by atoms with Gasteiger partial charge in [-0.15, -0.1) is 0 Å². The van der Waals surface area contributed by atoms with Gasteiger partial charge < -0.3 is 26.2 Å². The van der Waals surface area contributed by atoms with Crippen molar-refractivity contribution >= 4 is 39.7 Å². The Hall–Kier alpha value is -2.78. The van der Waals surface area contributed by atoms with Crippen LogP contribution in [0.1, 0.15) is 74.7 Å². The predicted molar refractivity (Wildman–Crippen MR) is 178 cm³/mol. The molecule has 1 aliphatic heterocycles. The van der Waals surface area contributed by atoms with Crippen LogP contribution < -0.4 is 21.3 Å². The van der Waals surface area contributed by atoms with E-state index in [4.69, 9.17) is 0 Å². The maximum Gasteiger partial charge on any atom is 0.315 e. The standard InChI is InChI=1S/C32H57N7O7S/c1-30(2,3)21(17-38(12)47(45,46)37(10)11)35-29(44)36-25(31(4,5)6)28(43)39-16-19-22(32(19,7)8)23(39)26(41)34-20(15-18-13-14-18)24(40)27(42)33-9/h18-23,25H,13-17H2,1-12H3,(H,33,42)(H,34,41)(H2,35,36,44)/t19-,20+,21+,22-,23-,25+/m0/s1.